The van der Waals surface area contributed by atoms with Crippen molar-refractivity contribution in [2.45, 2.75) is 52.0 Å². The van der Waals surface area contributed by atoms with Gasteiger partial charge >= 0.3 is 0 Å². The van der Waals surface area contributed by atoms with E-state index in [1.807, 2.05) is 18.2 Å². The number of nitrogens with zero attached hydrogens (tertiary/aromatic N) is 2. The van der Waals surface area contributed by atoms with E-state index >= 15 is 0 Å². The zero-order valence-electron chi connectivity index (χ0n) is 13.6. The zero-order valence-corrected chi connectivity index (χ0v) is 13.6. The molecule has 0 aliphatic heterocycles. The van der Waals surface area contributed by atoms with Crippen molar-refractivity contribution in [3.63, 3.8) is 0 Å². The van der Waals surface area contributed by atoms with E-state index in [0.29, 0.717) is 5.89 Å². The second-order valence-electron chi connectivity index (χ2n) is 6.93. The summed E-state index contributed by atoms with van der Waals surface area (Å²) in [5.74, 6) is 1.42. The molecule has 114 valence electrons. The number of hydrogen-bond acceptors (Lipinski definition) is 4. The first kappa shape index (κ1) is 15.7. The standard InChI is InChI=1S/C17H25N3O/c1-16(2,3)18-12-11-14-19-15(20-21-14)17(4,5)13-9-7-6-8-10-13/h6-10,18H,11-12H2,1-5H3. The Labute approximate surface area is 127 Å². The molecule has 1 N–H and O–H groups in total. The molecule has 0 radical (unpaired) electrons. The summed E-state index contributed by atoms with van der Waals surface area (Å²) in [5, 5.41) is 7.59. The lowest BCUT2D eigenvalue weighted by molar-refractivity contribution is 0.353. The molecule has 0 amide bonds. The quantitative estimate of drug-likeness (QED) is 0.916. The minimum atomic E-state index is -0.250. The first-order valence-electron chi connectivity index (χ1n) is 7.43. The molecule has 21 heavy (non-hydrogen) atoms. The van der Waals surface area contributed by atoms with Crippen LogP contribution in [0.15, 0.2) is 34.9 Å². The molecule has 0 fully saturated rings. The Morgan fingerprint density at radius 1 is 1.05 bits per heavy atom. The number of benzene rings is 1. The lowest BCUT2D eigenvalue weighted by atomic mass is 9.84. The van der Waals surface area contributed by atoms with Crippen LogP contribution in [-0.4, -0.2) is 22.2 Å². The molecule has 0 saturated carbocycles. The minimum Gasteiger partial charge on any atom is -0.339 e. The minimum absolute atomic E-state index is 0.103. The van der Waals surface area contributed by atoms with Crippen molar-refractivity contribution in [1.82, 2.24) is 15.5 Å². The molecule has 0 unspecified atom stereocenters. The number of aromatic nitrogens is 2. The van der Waals surface area contributed by atoms with Crippen LogP contribution >= 0.6 is 0 Å². The van der Waals surface area contributed by atoms with Crippen molar-refractivity contribution in [2.24, 2.45) is 0 Å². The van der Waals surface area contributed by atoms with Gasteiger partial charge in [0.15, 0.2) is 5.82 Å². The Morgan fingerprint density at radius 2 is 1.71 bits per heavy atom. The summed E-state index contributed by atoms with van der Waals surface area (Å²) in [6, 6.07) is 10.3. The summed E-state index contributed by atoms with van der Waals surface area (Å²) in [4.78, 5) is 4.56. The molecule has 0 aliphatic rings. The van der Waals surface area contributed by atoms with Gasteiger partial charge in [0.05, 0.1) is 5.41 Å². The van der Waals surface area contributed by atoms with E-state index in [1.165, 1.54) is 5.56 Å². The van der Waals surface area contributed by atoms with Gasteiger partial charge in [0.25, 0.3) is 0 Å². The van der Waals surface area contributed by atoms with Gasteiger partial charge in [0, 0.05) is 18.5 Å². The Balaban J connectivity index is 2.06. The summed E-state index contributed by atoms with van der Waals surface area (Å²) in [5.41, 5.74) is 1.04. The normalized spacial score (nSPS) is 12.6. The summed E-state index contributed by atoms with van der Waals surface area (Å²) in [7, 11) is 0. The van der Waals surface area contributed by atoms with Crippen LogP contribution in [0, 0.1) is 0 Å². The molecule has 1 aromatic heterocycles. The average molecular weight is 287 g/mol. The van der Waals surface area contributed by atoms with Crippen molar-refractivity contribution in [2.75, 3.05) is 6.54 Å². The molecule has 0 aliphatic carbocycles. The van der Waals surface area contributed by atoms with Gasteiger partial charge in [-0.1, -0.05) is 35.5 Å². The third-order valence-electron chi connectivity index (χ3n) is 3.52. The number of rotatable bonds is 5. The van der Waals surface area contributed by atoms with E-state index in [2.05, 4.69) is 62.2 Å². The topological polar surface area (TPSA) is 51.0 Å². The Kier molecular flexibility index (Phi) is 4.47. The average Bonchev–Trinajstić information content (AvgIpc) is 2.88. The highest BCUT2D eigenvalue weighted by Crippen LogP contribution is 2.28. The maximum absolute atomic E-state index is 5.39. The molecule has 1 heterocycles. The van der Waals surface area contributed by atoms with Gasteiger partial charge in [-0.25, -0.2) is 0 Å². The highest BCUT2D eigenvalue weighted by Gasteiger charge is 2.28. The molecular weight excluding hydrogens is 262 g/mol. The van der Waals surface area contributed by atoms with Crippen molar-refractivity contribution in [3.05, 3.63) is 47.6 Å². The predicted octanol–water partition coefficient (Wildman–Crippen LogP) is 3.33. The number of nitrogens with one attached hydrogen (secondary N) is 1. The molecule has 2 rings (SSSR count). The fourth-order valence-electron chi connectivity index (χ4n) is 2.14. The molecule has 4 nitrogen and oxygen atoms in total. The van der Waals surface area contributed by atoms with E-state index in [1.54, 1.807) is 0 Å². The van der Waals surface area contributed by atoms with Gasteiger partial charge in [-0.15, -0.1) is 0 Å². The van der Waals surface area contributed by atoms with Crippen LogP contribution in [0.1, 0.15) is 51.9 Å². The first-order chi connectivity index (χ1) is 9.79. The second kappa shape index (κ2) is 5.98. The van der Waals surface area contributed by atoms with Crippen molar-refractivity contribution in [1.29, 1.82) is 0 Å². The van der Waals surface area contributed by atoms with Crippen molar-refractivity contribution < 1.29 is 4.52 Å². The molecular formula is C17H25N3O. The predicted molar refractivity (Wildman–Crippen MR) is 84.3 cm³/mol. The van der Waals surface area contributed by atoms with Crippen molar-refractivity contribution >= 4 is 0 Å². The fourth-order valence-corrected chi connectivity index (χ4v) is 2.14. The van der Waals surface area contributed by atoms with E-state index in [0.717, 1.165) is 18.8 Å². The van der Waals surface area contributed by atoms with Crippen LogP contribution in [0.25, 0.3) is 0 Å². The van der Waals surface area contributed by atoms with Crippen LogP contribution in [0.3, 0.4) is 0 Å². The largest absolute Gasteiger partial charge is 0.339 e. The van der Waals surface area contributed by atoms with Gasteiger partial charge in [0.1, 0.15) is 0 Å². The Bertz CT molecular complexity index is 567. The summed E-state index contributed by atoms with van der Waals surface area (Å²) < 4.78 is 5.39. The summed E-state index contributed by atoms with van der Waals surface area (Å²) in [6.45, 7) is 11.5. The molecule has 2 aromatic rings. The van der Waals surface area contributed by atoms with Gasteiger partial charge in [0.2, 0.25) is 5.89 Å². The van der Waals surface area contributed by atoms with Gasteiger partial charge in [-0.2, -0.15) is 4.98 Å². The van der Waals surface area contributed by atoms with Gasteiger partial charge in [-0.3, -0.25) is 0 Å². The fraction of sp³-hybridized carbons (Fsp3) is 0.529. The first-order valence-corrected chi connectivity index (χ1v) is 7.43. The second-order valence-corrected chi connectivity index (χ2v) is 6.93. The Morgan fingerprint density at radius 3 is 2.33 bits per heavy atom. The van der Waals surface area contributed by atoms with Crippen LogP contribution in [-0.2, 0) is 11.8 Å². The van der Waals surface area contributed by atoms with Crippen LogP contribution in [0.4, 0.5) is 0 Å². The summed E-state index contributed by atoms with van der Waals surface area (Å²) >= 11 is 0. The van der Waals surface area contributed by atoms with Gasteiger partial charge < -0.3 is 9.84 Å². The maximum atomic E-state index is 5.39. The molecule has 4 heteroatoms. The zero-order chi connectivity index (χ0) is 15.5. The molecule has 0 saturated heterocycles. The van der Waals surface area contributed by atoms with Crippen LogP contribution in [0.5, 0.6) is 0 Å². The molecule has 0 bridgehead atoms. The van der Waals surface area contributed by atoms with E-state index in [-0.39, 0.29) is 11.0 Å². The highest BCUT2D eigenvalue weighted by molar-refractivity contribution is 5.30. The van der Waals surface area contributed by atoms with E-state index < -0.39 is 0 Å². The molecule has 0 spiro atoms. The number of hydrogen-bond donors (Lipinski definition) is 1. The van der Waals surface area contributed by atoms with E-state index in [9.17, 15) is 0 Å². The monoisotopic (exact) mass is 287 g/mol. The van der Waals surface area contributed by atoms with Gasteiger partial charge in [-0.05, 0) is 40.2 Å². The Hall–Kier alpha value is -1.68. The smallest absolute Gasteiger partial charge is 0.227 e. The van der Waals surface area contributed by atoms with E-state index in [4.69, 9.17) is 4.52 Å². The molecule has 0 atom stereocenters. The van der Waals surface area contributed by atoms with Crippen molar-refractivity contribution in [3.8, 4) is 0 Å². The lowest BCUT2D eigenvalue weighted by Gasteiger charge is -2.20. The third-order valence-corrected chi connectivity index (χ3v) is 3.52. The SMILES string of the molecule is CC(C)(C)NCCc1nc(C(C)(C)c2ccccc2)no1. The molecule has 1 aromatic carbocycles. The van der Waals surface area contributed by atoms with Crippen LogP contribution < -0.4 is 5.32 Å². The lowest BCUT2D eigenvalue weighted by Crippen LogP contribution is -2.37. The third kappa shape index (κ3) is 4.14. The highest BCUT2D eigenvalue weighted by atomic mass is 16.5. The van der Waals surface area contributed by atoms with Crippen LogP contribution in [0.2, 0.25) is 0 Å². The summed E-state index contributed by atoms with van der Waals surface area (Å²) in [6.07, 6.45) is 0.745. The maximum Gasteiger partial charge on any atom is 0.227 e.